The molecule has 0 saturated carbocycles. The van der Waals surface area contributed by atoms with Gasteiger partial charge in [0.1, 0.15) is 0 Å². The number of hydrogen-bond acceptors (Lipinski definition) is 3. The first-order chi connectivity index (χ1) is 14.0. The van der Waals surface area contributed by atoms with Crippen molar-refractivity contribution in [3.63, 3.8) is 0 Å². The number of hydrogen-bond donors (Lipinski definition) is 0. The average molecular weight is 541 g/mol. The zero-order valence-electron chi connectivity index (χ0n) is 21.6. The maximum atomic E-state index is 6.62. The van der Waals surface area contributed by atoms with Crippen LogP contribution in [0.4, 0.5) is 0 Å². The van der Waals surface area contributed by atoms with Gasteiger partial charge in [-0.15, -0.1) is 0 Å². The van der Waals surface area contributed by atoms with E-state index in [9.17, 15) is 0 Å². The number of nitrogens with zero attached hydrogens (tertiary/aromatic N) is 2. The molecular formula is C25H50N2OSiSn. The van der Waals surface area contributed by atoms with Crippen molar-refractivity contribution in [1.29, 1.82) is 0 Å². The minimum atomic E-state index is -2.49. The fraction of sp³-hybridized carbons (Fsp3) is 0.840. The summed E-state index contributed by atoms with van der Waals surface area (Å²) in [5.41, 5.74) is 1.19. The molecule has 0 bridgehead atoms. The van der Waals surface area contributed by atoms with Crippen molar-refractivity contribution < 1.29 is 4.43 Å². The van der Waals surface area contributed by atoms with Crippen LogP contribution in [-0.2, 0) is 10.8 Å². The van der Waals surface area contributed by atoms with Crippen LogP contribution in [0.5, 0.6) is 0 Å². The van der Waals surface area contributed by atoms with E-state index in [0.717, 1.165) is 6.42 Å². The molecule has 1 heterocycles. The maximum absolute atomic E-state index is 6.62. The Morgan fingerprint density at radius 3 is 1.87 bits per heavy atom. The third-order valence-electron chi connectivity index (χ3n) is 7.09. The van der Waals surface area contributed by atoms with Crippen LogP contribution in [0.15, 0.2) is 12.4 Å². The molecule has 174 valence electrons. The molecular weight excluding hydrogens is 491 g/mol. The predicted molar refractivity (Wildman–Crippen MR) is 138 cm³/mol. The van der Waals surface area contributed by atoms with Crippen LogP contribution in [-0.4, -0.2) is 42.8 Å². The van der Waals surface area contributed by atoms with E-state index < -0.39 is 26.7 Å². The van der Waals surface area contributed by atoms with E-state index in [-0.39, 0.29) is 11.1 Å². The fourth-order valence-corrected chi connectivity index (χ4v) is 21.0. The standard InChI is InChI=1S/C13H23N2OSi.3C4H9.Sn/c1-11(9-12-7-8-14-10-15-12)16-17(5,6)13(2,3)4;3*1-3-4-2;/h7,10-11H,9H2,1-6H3;3*1,3-4H2,2H3;/t11-;;;;/m0..../s1. The normalized spacial score (nSPS) is 14.2. The molecule has 0 N–H and O–H groups in total. The van der Waals surface area contributed by atoms with Gasteiger partial charge in [0.25, 0.3) is 0 Å². The van der Waals surface area contributed by atoms with Crippen molar-refractivity contribution in [3.05, 3.63) is 18.1 Å². The molecule has 0 spiro atoms. The molecule has 5 heteroatoms. The van der Waals surface area contributed by atoms with E-state index in [1.54, 1.807) is 0 Å². The molecule has 1 aromatic heterocycles. The predicted octanol–water partition coefficient (Wildman–Crippen LogP) is 7.49. The number of rotatable bonds is 14. The van der Waals surface area contributed by atoms with Crippen LogP contribution in [0.25, 0.3) is 0 Å². The molecule has 1 rings (SSSR count). The number of unbranched alkanes of at least 4 members (excludes halogenated alkanes) is 3. The third-order valence-corrected chi connectivity index (χ3v) is 26.8. The van der Waals surface area contributed by atoms with E-state index in [4.69, 9.17) is 9.41 Å². The topological polar surface area (TPSA) is 35.0 Å². The molecule has 0 aromatic carbocycles. The Labute approximate surface area is 193 Å². The fourth-order valence-electron chi connectivity index (χ4n) is 4.12. The Hall–Kier alpha value is 0.0556. The van der Waals surface area contributed by atoms with Gasteiger partial charge < -0.3 is 0 Å². The molecule has 3 nitrogen and oxygen atoms in total. The Morgan fingerprint density at radius 2 is 1.43 bits per heavy atom. The second kappa shape index (κ2) is 12.9. The van der Waals surface area contributed by atoms with Crippen LogP contribution in [0.1, 0.15) is 92.7 Å². The molecule has 0 radical (unpaired) electrons. The van der Waals surface area contributed by atoms with Crippen molar-refractivity contribution in [2.75, 3.05) is 0 Å². The molecule has 0 aliphatic carbocycles. The quantitative estimate of drug-likeness (QED) is 0.229. The summed E-state index contributed by atoms with van der Waals surface area (Å²) in [7, 11) is -1.76. The third kappa shape index (κ3) is 8.53. The Morgan fingerprint density at radius 1 is 0.933 bits per heavy atom. The summed E-state index contributed by atoms with van der Waals surface area (Å²) in [4.78, 5) is 9.63. The SMILES string of the molecule is CCC[CH2][Sn]([CH2]CCC)([CH2]CCC)[c]1cc(C[C@H](C)O[Si](C)(C)C(C)(C)C)ncn1. The Kier molecular flexibility index (Phi) is 12.1. The molecule has 1 aromatic rings. The van der Waals surface area contributed by atoms with Gasteiger partial charge in [-0.1, -0.05) is 0 Å². The zero-order chi connectivity index (χ0) is 22.8. The first kappa shape index (κ1) is 28.1. The summed E-state index contributed by atoms with van der Waals surface area (Å²) in [6.07, 6.45) is 11.0. The van der Waals surface area contributed by atoms with E-state index in [0.29, 0.717) is 0 Å². The minimum absolute atomic E-state index is 0.208. The van der Waals surface area contributed by atoms with Gasteiger partial charge in [0.2, 0.25) is 0 Å². The van der Waals surface area contributed by atoms with E-state index in [2.05, 4.69) is 72.6 Å². The van der Waals surface area contributed by atoms with Gasteiger partial charge in [0.15, 0.2) is 0 Å². The van der Waals surface area contributed by atoms with Gasteiger partial charge in [0, 0.05) is 0 Å². The van der Waals surface area contributed by atoms with Crippen molar-refractivity contribution in [3.8, 4) is 0 Å². The van der Waals surface area contributed by atoms with Crippen molar-refractivity contribution in [2.45, 2.75) is 131 Å². The van der Waals surface area contributed by atoms with Gasteiger partial charge >= 0.3 is 194 Å². The molecule has 0 aliphatic heterocycles. The molecule has 1 atom stereocenters. The molecule has 0 aliphatic rings. The summed E-state index contributed by atoms with van der Waals surface area (Å²) in [5, 5.41) is 0.240. The molecule has 0 unspecified atom stereocenters. The van der Waals surface area contributed by atoms with Crippen LogP contribution >= 0.6 is 0 Å². The summed E-state index contributed by atoms with van der Waals surface area (Å²) in [6, 6.07) is 2.41. The Balaban J connectivity index is 3.10. The van der Waals surface area contributed by atoms with E-state index in [1.165, 1.54) is 61.2 Å². The zero-order valence-corrected chi connectivity index (χ0v) is 25.5. The van der Waals surface area contributed by atoms with Crippen molar-refractivity contribution >= 4 is 30.4 Å². The van der Waals surface area contributed by atoms with Crippen LogP contribution in [0.3, 0.4) is 0 Å². The van der Waals surface area contributed by atoms with Crippen molar-refractivity contribution in [2.24, 2.45) is 0 Å². The monoisotopic (exact) mass is 542 g/mol. The van der Waals surface area contributed by atoms with Gasteiger partial charge in [0.05, 0.1) is 0 Å². The summed E-state index contributed by atoms with van der Waals surface area (Å²) >= 11 is -2.49. The second-order valence-electron chi connectivity index (χ2n) is 10.9. The van der Waals surface area contributed by atoms with Crippen LogP contribution < -0.4 is 3.71 Å². The number of aromatic nitrogens is 2. The van der Waals surface area contributed by atoms with Gasteiger partial charge in [-0.3, -0.25) is 0 Å². The molecule has 0 saturated heterocycles. The van der Waals surface area contributed by atoms with E-state index >= 15 is 0 Å². The summed E-state index contributed by atoms with van der Waals surface area (Å²) in [5.74, 6) is 0. The van der Waals surface area contributed by atoms with Gasteiger partial charge in [-0.05, 0) is 0 Å². The van der Waals surface area contributed by atoms with E-state index in [1.807, 2.05) is 6.33 Å². The molecule has 30 heavy (non-hydrogen) atoms. The first-order valence-electron chi connectivity index (χ1n) is 12.5. The first-order valence-corrected chi connectivity index (χ1v) is 22.9. The van der Waals surface area contributed by atoms with Crippen LogP contribution in [0.2, 0.25) is 31.4 Å². The summed E-state index contributed by atoms with van der Waals surface area (Å²) < 4.78 is 12.5. The molecule has 0 amide bonds. The average Bonchev–Trinajstić information content (AvgIpc) is 2.66. The van der Waals surface area contributed by atoms with Crippen molar-refractivity contribution in [1.82, 2.24) is 9.97 Å². The van der Waals surface area contributed by atoms with Gasteiger partial charge in [-0.25, -0.2) is 0 Å². The van der Waals surface area contributed by atoms with Crippen LogP contribution in [0, 0.1) is 0 Å². The summed E-state index contributed by atoms with van der Waals surface area (Å²) in [6.45, 7) is 20.9. The molecule has 0 fully saturated rings. The Bertz CT molecular complexity index is 594. The van der Waals surface area contributed by atoms with Gasteiger partial charge in [-0.2, -0.15) is 0 Å². The second-order valence-corrected chi connectivity index (χ2v) is 28.7.